The average Bonchev–Trinajstić information content (AvgIpc) is 2.77. The molecular weight excluding hydrogens is 250 g/mol. The Hall–Kier alpha value is -2.12. The summed E-state index contributed by atoms with van der Waals surface area (Å²) in [6.45, 7) is 2.40. The summed E-state index contributed by atoms with van der Waals surface area (Å²) in [5.41, 5.74) is 0. The van der Waals surface area contributed by atoms with Gasteiger partial charge in [0.1, 0.15) is 6.33 Å². The van der Waals surface area contributed by atoms with Gasteiger partial charge in [-0.25, -0.2) is 4.79 Å². The standard InChI is InChI=1S/C11H19N5O3/c1-8(10(17)18)4-3-5-12-11(19)13-6-9-15-14-7-16(9)2/h7-8H,3-6H2,1-2H3,(H,17,18)(H2,12,13,19). The van der Waals surface area contributed by atoms with E-state index in [4.69, 9.17) is 5.11 Å². The van der Waals surface area contributed by atoms with Gasteiger partial charge in [0, 0.05) is 13.6 Å². The van der Waals surface area contributed by atoms with E-state index in [-0.39, 0.29) is 11.9 Å². The second-order valence-corrected chi connectivity index (χ2v) is 4.35. The van der Waals surface area contributed by atoms with Gasteiger partial charge in [0.05, 0.1) is 12.5 Å². The van der Waals surface area contributed by atoms with E-state index in [2.05, 4.69) is 20.8 Å². The third kappa shape index (κ3) is 5.36. The van der Waals surface area contributed by atoms with Crippen molar-refractivity contribution in [2.45, 2.75) is 26.3 Å². The minimum Gasteiger partial charge on any atom is -0.481 e. The van der Waals surface area contributed by atoms with E-state index in [1.807, 2.05) is 0 Å². The number of hydrogen-bond acceptors (Lipinski definition) is 4. The third-order valence-electron chi connectivity index (χ3n) is 2.73. The molecular formula is C11H19N5O3. The smallest absolute Gasteiger partial charge is 0.315 e. The summed E-state index contributed by atoms with van der Waals surface area (Å²) in [5.74, 6) is -0.537. The molecule has 8 heteroatoms. The van der Waals surface area contributed by atoms with Crippen molar-refractivity contribution in [3.8, 4) is 0 Å². The Bertz CT molecular complexity index is 432. The Morgan fingerprint density at radius 1 is 1.47 bits per heavy atom. The number of carbonyl (C=O) groups is 2. The molecule has 0 fully saturated rings. The summed E-state index contributed by atoms with van der Waals surface area (Å²) in [6, 6.07) is -0.300. The predicted octanol–water partition coefficient (Wildman–Crippen LogP) is 0.115. The molecule has 0 aromatic carbocycles. The van der Waals surface area contributed by atoms with Crippen LogP contribution in [0.4, 0.5) is 4.79 Å². The van der Waals surface area contributed by atoms with Gasteiger partial charge in [0.2, 0.25) is 0 Å². The zero-order chi connectivity index (χ0) is 14.3. The Kier molecular flexibility index (Phi) is 5.77. The van der Waals surface area contributed by atoms with E-state index < -0.39 is 5.97 Å². The lowest BCUT2D eigenvalue weighted by molar-refractivity contribution is -0.141. The van der Waals surface area contributed by atoms with Crippen molar-refractivity contribution < 1.29 is 14.7 Å². The molecule has 8 nitrogen and oxygen atoms in total. The number of hydrogen-bond donors (Lipinski definition) is 3. The fourth-order valence-electron chi connectivity index (χ4n) is 1.42. The van der Waals surface area contributed by atoms with E-state index >= 15 is 0 Å². The number of carboxylic acids is 1. The Labute approximate surface area is 111 Å². The Morgan fingerprint density at radius 3 is 2.79 bits per heavy atom. The molecule has 0 saturated carbocycles. The van der Waals surface area contributed by atoms with E-state index in [0.717, 1.165) is 0 Å². The van der Waals surface area contributed by atoms with Crippen LogP contribution in [-0.2, 0) is 18.4 Å². The van der Waals surface area contributed by atoms with Crippen molar-refractivity contribution in [1.29, 1.82) is 0 Å². The maximum atomic E-state index is 11.4. The SMILES string of the molecule is CC(CCCNC(=O)NCc1nncn1C)C(=O)O. The van der Waals surface area contributed by atoms with Crippen molar-refractivity contribution in [3.05, 3.63) is 12.2 Å². The number of amides is 2. The van der Waals surface area contributed by atoms with Gasteiger partial charge >= 0.3 is 12.0 Å². The molecule has 0 spiro atoms. The van der Waals surface area contributed by atoms with Crippen LogP contribution in [0.2, 0.25) is 0 Å². The first-order valence-corrected chi connectivity index (χ1v) is 6.08. The van der Waals surface area contributed by atoms with Crippen LogP contribution in [0.3, 0.4) is 0 Å². The fourth-order valence-corrected chi connectivity index (χ4v) is 1.42. The largest absolute Gasteiger partial charge is 0.481 e. The average molecular weight is 269 g/mol. The Balaban J connectivity index is 2.12. The summed E-state index contributed by atoms with van der Waals surface area (Å²) < 4.78 is 1.72. The second kappa shape index (κ2) is 7.34. The molecule has 106 valence electrons. The molecule has 19 heavy (non-hydrogen) atoms. The molecule has 1 aromatic heterocycles. The van der Waals surface area contributed by atoms with Crippen LogP contribution < -0.4 is 10.6 Å². The van der Waals surface area contributed by atoms with Crippen LogP contribution >= 0.6 is 0 Å². The molecule has 3 N–H and O–H groups in total. The molecule has 2 amide bonds. The summed E-state index contributed by atoms with van der Waals surface area (Å²) >= 11 is 0. The minimum absolute atomic E-state index is 0.299. The highest BCUT2D eigenvalue weighted by Gasteiger charge is 2.10. The van der Waals surface area contributed by atoms with Gasteiger partial charge in [0.25, 0.3) is 0 Å². The summed E-state index contributed by atoms with van der Waals surface area (Å²) in [5, 5.41) is 21.5. The fraction of sp³-hybridized carbons (Fsp3) is 0.636. The van der Waals surface area contributed by atoms with Crippen LogP contribution in [0, 0.1) is 5.92 Å². The van der Waals surface area contributed by atoms with Gasteiger partial charge < -0.3 is 20.3 Å². The van der Waals surface area contributed by atoms with Crippen LogP contribution in [0.1, 0.15) is 25.6 Å². The zero-order valence-corrected chi connectivity index (χ0v) is 11.1. The van der Waals surface area contributed by atoms with E-state index in [1.54, 1.807) is 24.9 Å². The molecule has 1 aromatic rings. The number of nitrogens with one attached hydrogen (secondary N) is 2. The lowest BCUT2D eigenvalue weighted by Gasteiger charge is -2.08. The molecule has 0 radical (unpaired) electrons. The van der Waals surface area contributed by atoms with Crippen molar-refractivity contribution in [1.82, 2.24) is 25.4 Å². The van der Waals surface area contributed by atoms with Gasteiger partial charge in [-0.2, -0.15) is 0 Å². The second-order valence-electron chi connectivity index (χ2n) is 4.35. The lowest BCUT2D eigenvalue weighted by atomic mass is 10.1. The van der Waals surface area contributed by atoms with Crippen LogP contribution in [0.5, 0.6) is 0 Å². The molecule has 0 saturated heterocycles. The van der Waals surface area contributed by atoms with E-state index in [1.165, 1.54) is 0 Å². The van der Waals surface area contributed by atoms with E-state index in [0.29, 0.717) is 31.8 Å². The Morgan fingerprint density at radius 2 is 2.21 bits per heavy atom. The van der Waals surface area contributed by atoms with Crippen molar-refractivity contribution >= 4 is 12.0 Å². The molecule has 1 atom stereocenters. The number of aromatic nitrogens is 3. The van der Waals surface area contributed by atoms with Crippen LogP contribution in [0.25, 0.3) is 0 Å². The van der Waals surface area contributed by atoms with Gasteiger partial charge in [-0.15, -0.1) is 10.2 Å². The van der Waals surface area contributed by atoms with E-state index in [9.17, 15) is 9.59 Å². The van der Waals surface area contributed by atoms with Gasteiger partial charge in [-0.1, -0.05) is 6.92 Å². The van der Waals surface area contributed by atoms with Crippen LogP contribution in [0.15, 0.2) is 6.33 Å². The van der Waals surface area contributed by atoms with Crippen LogP contribution in [-0.4, -0.2) is 38.4 Å². The number of aryl methyl sites for hydroxylation is 1. The quantitative estimate of drug-likeness (QED) is 0.609. The van der Waals surface area contributed by atoms with Crippen molar-refractivity contribution in [2.24, 2.45) is 13.0 Å². The predicted molar refractivity (Wildman–Crippen MR) is 67.3 cm³/mol. The molecule has 1 heterocycles. The lowest BCUT2D eigenvalue weighted by Crippen LogP contribution is -2.36. The first-order chi connectivity index (χ1) is 9.00. The number of carbonyl (C=O) groups excluding carboxylic acids is 1. The number of aliphatic carboxylic acids is 1. The number of nitrogens with zero attached hydrogens (tertiary/aromatic N) is 3. The highest BCUT2D eigenvalue weighted by Crippen LogP contribution is 2.03. The first-order valence-electron chi connectivity index (χ1n) is 6.08. The summed E-state index contributed by atoms with van der Waals surface area (Å²) in [7, 11) is 1.79. The highest BCUT2D eigenvalue weighted by atomic mass is 16.4. The summed E-state index contributed by atoms with van der Waals surface area (Å²) in [4.78, 5) is 22.0. The van der Waals surface area contributed by atoms with Crippen molar-refractivity contribution in [2.75, 3.05) is 6.54 Å². The maximum absolute atomic E-state index is 11.4. The molecule has 0 aliphatic carbocycles. The van der Waals surface area contributed by atoms with Gasteiger partial charge in [0.15, 0.2) is 5.82 Å². The normalized spacial score (nSPS) is 11.9. The maximum Gasteiger partial charge on any atom is 0.315 e. The first kappa shape index (κ1) is 14.9. The number of carboxylic acid groups (broad SMARTS) is 1. The molecule has 0 bridgehead atoms. The van der Waals surface area contributed by atoms with Gasteiger partial charge in [-0.3, -0.25) is 4.79 Å². The summed E-state index contributed by atoms with van der Waals surface area (Å²) in [6.07, 6.45) is 2.73. The third-order valence-corrected chi connectivity index (χ3v) is 2.73. The molecule has 1 unspecified atom stereocenters. The number of rotatable bonds is 7. The topological polar surface area (TPSA) is 109 Å². The monoisotopic (exact) mass is 269 g/mol. The molecule has 0 aliphatic heterocycles. The minimum atomic E-state index is -0.813. The van der Waals surface area contributed by atoms with Gasteiger partial charge in [-0.05, 0) is 12.8 Å². The number of urea groups is 1. The molecule has 1 rings (SSSR count). The molecule has 0 aliphatic rings. The zero-order valence-electron chi connectivity index (χ0n) is 11.1. The highest BCUT2D eigenvalue weighted by molar-refractivity contribution is 5.73. The van der Waals surface area contributed by atoms with Crippen molar-refractivity contribution in [3.63, 3.8) is 0 Å².